The zero-order chi connectivity index (χ0) is 23.0. The van der Waals surface area contributed by atoms with Gasteiger partial charge in [-0.2, -0.15) is 0 Å². The quantitative estimate of drug-likeness (QED) is 0.537. The van der Waals surface area contributed by atoms with Gasteiger partial charge in [-0.15, -0.1) is 0 Å². The Kier molecular flexibility index (Phi) is 3.68. The number of nitrogens with two attached hydrogens (primary N) is 1. The van der Waals surface area contributed by atoms with E-state index in [1.54, 1.807) is 42.6 Å². The molecule has 3 N–H and O–H groups in total. The molecule has 0 radical (unpaired) electrons. The molecule has 4 rings (SSSR count). The molecule has 0 aliphatic heterocycles. The summed E-state index contributed by atoms with van der Waals surface area (Å²) in [5.74, 6) is -0.330. The van der Waals surface area contributed by atoms with Crippen molar-refractivity contribution in [1.82, 2.24) is 10.3 Å². The average Bonchev–Trinajstić information content (AvgIpc) is 3.15. The molecule has 0 spiro atoms. The van der Waals surface area contributed by atoms with Crippen molar-refractivity contribution in [2.75, 3.05) is 14.1 Å². The maximum absolute atomic E-state index is 12.2. The lowest BCUT2D eigenvalue weighted by Gasteiger charge is -2.11. The van der Waals surface area contributed by atoms with Crippen LogP contribution in [0.25, 0.3) is 21.9 Å². The monoisotopic (exact) mass is 394 g/mol. The van der Waals surface area contributed by atoms with E-state index in [0.717, 1.165) is 0 Å². The Balaban J connectivity index is 1.70. The molecule has 0 aliphatic carbocycles. The number of pyridine rings is 1. The number of benzene rings is 2. The average molecular weight is 394 g/mol. The summed E-state index contributed by atoms with van der Waals surface area (Å²) in [4.78, 5) is 28.2. The third-order valence-corrected chi connectivity index (χ3v) is 4.42. The highest BCUT2D eigenvalue weighted by Gasteiger charge is 2.16. The maximum atomic E-state index is 12.2. The molecule has 2 amide bonds. The lowest BCUT2D eigenvalue weighted by molar-refractivity contribution is 0.0962. The van der Waals surface area contributed by atoms with Gasteiger partial charge in [0.05, 0.1) is 23.8 Å². The molecule has 4 aromatic rings. The minimum atomic E-state index is -2.61. The Labute approximate surface area is 169 Å². The highest BCUT2D eigenvalue weighted by atomic mass is 16.5. The Morgan fingerprint density at radius 3 is 2.76 bits per heavy atom. The third-order valence-electron chi connectivity index (χ3n) is 4.42. The number of furan rings is 1. The minimum Gasteiger partial charge on any atom is -0.496 e. The summed E-state index contributed by atoms with van der Waals surface area (Å²) >= 11 is 0. The van der Waals surface area contributed by atoms with Crippen molar-refractivity contribution in [2.45, 2.75) is 0 Å². The van der Waals surface area contributed by atoms with Crippen LogP contribution in [0.1, 0.15) is 24.8 Å². The maximum Gasteiger partial charge on any atom is 0.254 e. The first-order chi connectivity index (χ1) is 15.2. The molecular weight excluding hydrogens is 374 g/mol. The molecule has 2 aromatic carbocycles. The highest BCUT2D eigenvalue weighted by molar-refractivity contribution is 6.06. The molecule has 146 valence electrons. The minimum absolute atomic E-state index is 0.0928. The number of hydrogen-bond donors (Lipinski definition) is 2. The number of methoxy groups -OCH3 is 1. The molecule has 0 atom stereocenters. The van der Waals surface area contributed by atoms with E-state index < -0.39 is 18.8 Å². The second kappa shape index (κ2) is 7.16. The molecule has 0 fully saturated rings. The number of carbonyl (C=O) groups excluding carboxylic acids is 2. The molecule has 8 heteroatoms. The summed E-state index contributed by atoms with van der Waals surface area (Å²) in [5, 5.41) is 2.90. The highest BCUT2D eigenvalue weighted by Crippen LogP contribution is 2.34. The fourth-order valence-electron chi connectivity index (χ4n) is 3.04. The first-order valence-electron chi connectivity index (χ1n) is 9.94. The van der Waals surface area contributed by atoms with Crippen molar-refractivity contribution < 1.29 is 27.6 Å². The molecule has 2 aromatic heterocycles. The van der Waals surface area contributed by atoms with Crippen LogP contribution in [0.2, 0.25) is 0 Å². The van der Waals surface area contributed by atoms with Gasteiger partial charge in [0.1, 0.15) is 29.1 Å². The van der Waals surface area contributed by atoms with Gasteiger partial charge >= 0.3 is 0 Å². The van der Waals surface area contributed by atoms with Crippen LogP contribution in [0.15, 0.2) is 53.3 Å². The lowest BCUT2D eigenvalue weighted by atomic mass is 10.1. The normalized spacial score (nSPS) is 12.8. The number of nitrogens with one attached hydrogen (secondary N) is 1. The fraction of sp³-hybridized carbons (Fsp3) is 0.0952. The Hall–Kier alpha value is -4.07. The summed E-state index contributed by atoms with van der Waals surface area (Å²) in [6.07, 6.45) is 2.73. The van der Waals surface area contributed by atoms with Crippen molar-refractivity contribution in [1.29, 1.82) is 0 Å². The molecule has 8 nitrogen and oxygen atoms in total. The number of fused-ring (bicyclic) bond motifs is 2. The van der Waals surface area contributed by atoms with Crippen LogP contribution in [0.3, 0.4) is 0 Å². The molecule has 29 heavy (non-hydrogen) atoms. The SMILES string of the molecule is [2H]C([2H])([2H])NC(=O)c1coc2cc(Oc3ccnc4cc(OC)c(C(N)=O)cc34)ccc12. The molecule has 0 saturated heterocycles. The summed E-state index contributed by atoms with van der Waals surface area (Å²) in [7, 11) is 1.43. The number of carbonyl (C=O) groups is 2. The van der Waals surface area contributed by atoms with Gasteiger partial charge in [-0.25, -0.2) is 0 Å². The van der Waals surface area contributed by atoms with Crippen LogP contribution in [0.4, 0.5) is 0 Å². The van der Waals surface area contributed by atoms with Gasteiger partial charge in [-0.1, -0.05) is 0 Å². The van der Waals surface area contributed by atoms with E-state index >= 15 is 0 Å². The first kappa shape index (κ1) is 14.9. The number of primary amides is 1. The van der Waals surface area contributed by atoms with Gasteiger partial charge in [0.2, 0.25) is 0 Å². The van der Waals surface area contributed by atoms with Gasteiger partial charge < -0.3 is 24.9 Å². The molecular formula is C21H17N3O5. The van der Waals surface area contributed by atoms with E-state index in [0.29, 0.717) is 39.1 Å². The molecule has 0 bridgehead atoms. The topological polar surface area (TPSA) is 117 Å². The predicted octanol–water partition coefficient (Wildman–Crippen LogP) is 3.24. The Morgan fingerprint density at radius 2 is 2.00 bits per heavy atom. The standard InChI is InChI=1S/C21H17N3O5/c1-23-21(26)15-10-28-19-7-11(3-4-12(15)19)29-17-5-6-24-16-9-18(27-2)14(20(22)25)8-13(16)17/h3-10H,1-2H3,(H2,22,25)(H,23,26)/i1D3. The van der Waals surface area contributed by atoms with Gasteiger partial charge in [0.25, 0.3) is 11.8 Å². The van der Waals surface area contributed by atoms with Crippen molar-refractivity contribution in [3.05, 3.63) is 60.0 Å². The van der Waals surface area contributed by atoms with Gasteiger partial charge in [-0.3, -0.25) is 14.6 Å². The number of amides is 2. The van der Waals surface area contributed by atoms with E-state index in [2.05, 4.69) is 4.98 Å². The second-order valence-corrected chi connectivity index (χ2v) is 6.11. The summed E-state index contributed by atoms with van der Waals surface area (Å²) in [6.45, 7) is -2.61. The van der Waals surface area contributed by atoms with Gasteiger partial charge in [0, 0.05) is 40.2 Å². The van der Waals surface area contributed by atoms with Crippen LogP contribution < -0.4 is 20.5 Å². The third kappa shape index (κ3) is 3.20. The van der Waals surface area contributed by atoms with Crippen LogP contribution in [0, 0.1) is 0 Å². The molecule has 2 heterocycles. The van der Waals surface area contributed by atoms with Crippen LogP contribution in [-0.2, 0) is 0 Å². The first-order valence-corrected chi connectivity index (χ1v) is 8.44. The van der Waals surface area contributed by atoms with E-state index in [9.17, 15) is 9.59 Å². The van der Waals surface area contributed by atoms with E-state index in [1.165, 1.54) is 13.4 Å². The Morgan fingerprint density at radius 1 is 1.14 bits per heavy atom. The molecule has 0 unspecified atom stereocenters. The molecule has 0 saturated carbocycles. The predicted molar refractivity (Wildman–Crippen MR) is 106 cm³/mol. The van der Waals surface area contributed by atoms with E-state index in [4.69, 9.17) is 23.7 Å². The van der Waals surface area contributed by atoms with Crippen LogP contribution in [-0.4, -0.2) is 30.9 Å². The summed E-state index contributed by atoms with van der Waals surface area (Å²) < 4.78 is 38.1. The largest absolute Gasteiger partial charge is 0.496 e. The van der Waals surface area contributed by atoms with E-state index in [1.807, 2.05) is 5.32 Å². The van der Waals surface area contributed by atoms with Crippen molar-refractivity contribution in [2.24, 2.45) is 5.73 Å². The summed E-state index contributed by atoms with van der Waals surface area (Å²) in [5.41, 5.74) is 6.59. The van der Waals surface area contributed by atoms with Gasteiger partial charge in [-0.05, 0) is 24.3 Å². The number of rotatable bonds is 5. The van der Waals surface area contributed by atoms with E-state index in [-0.39, 0.29) is 11.1 Å². The fourth-order valence-corrected chi connectivity index (χ4v) is 3.04. The summed E-state index contributed by atoms with van der Waals surface area (Å²) in [6, 6.07) is 9.52. The van der Waals surface area contributed by atoms with Crippen molar-refractivity contribution in [3.8, 4) is 17.2 Å². The smallest absolute Gasteiger partial charge is 0.254 e. The van der Waals surface area contributed by atoms with Crippen molar-refractivity contribution in [3.63, 3.8) is 0 Å². The van der Waals surface area contributed by atoms with Crippen LogP contribution in [0.5, 0.6) is 17.2 Å². The number of hydrogen-bond acceptors (Lipinski definition) is 6. The zero-order valence-corrected chi connectivity index (χ0v) is 15.2. The second-order valence-electron chi connectivity index (χ2n) is 6.11. The number of nitrogens with zero attached hydrogens (tertiary/aromatic N) is 1. The van der Waals surface area contributed by atoms with Crippen molar-refractivity contribution >= 4 is 33.7 Å². The molecule has 0 aliphatic rings. The Bertz CT molecular complexity index is 1360. The van der Waals surface area contributed by atoms with Gasteiger partial charge in [0.15, 0.2) is 0 Å². The number of ether oxygens (including phenoxy) is 2. The van der Waals surface area contributed by atoms with Crippen LogP contribution >= 0.6 is 0 Å². The number of aromatic nitrogens is 1. The lowest BCUT2D eigenvalue weighted by Crippen LogP contribution is -2.17. The zero-order valence-electron chi connectivity index (χ0n) is 18.2.